The molecule has 0 saturated carbocycles. The van der Waals surface area contributed by atoms with Crippen molar-refractivity contribution < 1.29 is 14.8 Å². The van der Waals surface area contributed by atoms with Crippen LogP contribution in [0.2, 0.25) is 0 Å². The number of carbonyl (C=O) groups excluding carboxylic acids is 1. The van der Waals surface area contributed by atoms with Crippen LogP contribution in [0.5, 0.6) is 0 Å². The Labute approximate surface area is 314 Å². The Hall–Kier alpha value is -4.15. The first-order chi connectivity index (χ1) is 25.1. The van der Waals surface area contributed by atoms with Crippen LogP contribution < -0.4 is 14.9 Å². The van der Waals surface area contributed by atoms with E-state index in [0.717, 1.165) is 37.2 Å². The van der Waals surface area contributed by atoms with E-state index >= 15 is 0 Å². The summed E-state index contributed by atoms with van der Waals surface area (Å²) >= 11 is 0. The Balaban J connectivity index is 1.39. The molecule has 2 aliphatic carbocycles. The van der Waals surface area contributed by atoms with Crippen molar-refractivity contribution in [2.45, 2.75) is 113 Å². The number of hydrogen-bond donors (Lipinski definition) is 1. The zero-order valence-electron chi connectivity index (χ0n) is 33.1. The Morgan fingerprint density at radius 3 is 1.88 bits per heavy atom. The SMILES string of the molecule is CCCCC(CC)CN(c1ccc(C2=C([O-])C(=C3C=CC([NH+](CC(CC)CCCC)c4ccc(C)cc4C)C=C3)C2=O)cc1)c1ccc(C)cc1C. The topological polar surface area (TPSA) is 47.8 Å². The molecular weight excluding hydrogens is 637 g/mol. The van der Waals surface area contributed by atoms with E-state index in [-0.39, 0.29) is 17.6 Å². The Morgan fingerprint density at radius 1 is 0.731 bits per heavy atom. The van der Waals surface area contributed by atoms with Crippen molar-refractivity contribution in [3.8, 4) is 0 Å². The van der Waals surface area contributed by atoms with Crippen molar-refractivity contribution >= 4 is 28.4 Å². The van der Waals surface area contributed by atoms with Crippen molar-refractivity contribution in [3.05, 3.63) is 130 Å². The fraction of sp³-hybridized carbons (Fsp3) is 0.438. The van der Waals surface area contributed by atoms with Gasteiger partial charge in [-0.1, -0.05) is 125 Å². The summed E-state index contributed by atoms with van der Waals surface area (Å²) < 4.78 is 0. The highest BCUT2D eigenvalue weighted by molar-refractivity contribution is 6.39. The molecule has 3 aromatic rings. The van der Waals surface area contributed by atoms with E-state index in [1.165, 1.54) is 77.1 Å². The van der Waals surface area contributed by atoms with E-state index in [4.69, 9.17) is 0 Å². The van der Waals surface area contributed by atoms with Crippen LogP contribution in [0.4, 0.5) is 17.1 Å². The highest BCUT2D eigenvalue weighted by Gasteiger charge is 2.32. The number of rotatable bonds is 17. The molecule has 2 aliphatic rings. The van der Waals surface area contributed by atoms with Gasteiger partial charge in [0.2, 0.25) is 0 Å². The molecule has 0 aromatic heterocycles. The van der Waals surface area contributed by atoms with Gasteiger partial charge in [0.05, 0.1) is 6.54 Å². The largest absolute Gasteiger partial charge is 0.871 e. The number of hydrogen-bond acceptors (Lipinski definition) is 3. The van der Waals surface area contributed by atoms with Crippen molar-refractivity contribution in [1.82, 2.24) is 0 Å². The molecule has 0 amide bonds. The zero-order chi connectivity index (χ0) is 37.4. The number of nitrogens with zero attached hydrogens (tertiary/aromatic N) is 1. The van der Waals surface area contributed by atoms with Crippen LogP contribution in [0.1, 0.15) is 107 Å². The number of allylic oxidation sites excluding steroid dienone is 5. The highest BCUT2D eigenvalue weighted by Crippen LogP contribution is 2.39. The summed E-state index contributed by atoms with van der Waals surface area (Å²) in [6, 6.07) is 21.6. The first kappa shape index (κ1) is 39.1. The molecule has 52 heavy (non-hydrogen) atoms. The maximum absolute atomic E-state index is 13.7. The molecule has 276 valence electrons. The minimum atomic E-state index is -0.151. The molecule has 0 aliphatic heterocycles. The van der Waals surface area contributed by atoms with Gasteiger partial charge in [-0.15, -0.1) is 0 Å². The molecule has 4 nitrogen and oxygen atoms in total. The van der Waals surface area contributed by atoms with E-state index < -0.39 is 0 Å². The summed E-state index contributed by atoms with van der Waals surface area (Å²) in [5, 5.41) is 13.7. The van der Waals surface area contributed by atoms with Gasteiger partial charge in [0, 0.05) is 40.5 Å². The third kappa shape index (κ3) is 8.89. The van der Waals surface area contributed by atoms with Gasteiger partial charge in [0.25, 0.3) is 0 Å². The molecule has 0 radical (unpaired) electrons. The minimum Gasteiger partial charge on any atom is -0.871 e. The van der Waals surface area contributed by atoms with Crippen molar-refractivity contribution in [2.75, 3.05) is 18.0 Å². The van der Waals surface area contributed by atoms with Crippen molar-refractivity contribution in [3.63, 3.8) is 0 Å². The van der Waals surface area contributed by atoms with E-state index in [1.807, 2.05) is 24.3 Å². The summed E-state index contributed by atoms with van der Waals surface area (Å²) in [5.74, 6) is 0.916. The van der Waals surface area contributed by atoms with Gasteiger partial charge in [-0.3, -0.25) is 9.69 Å². The van der Waals surface area contributed by atoms with Crippen LogP contribution in [0.3, 0.4) is 0 Å². The number of ketones is 1. The van der Waals surface area contributed by atoms with Gasteiger partial charge in [0.1, 0.15) is 11.7 Å². The molecule has 3 atom stereocenters. The van der Waals surface area contributed by atoms with Crippen molar-refractivity contribution in [1.29, 1.82) is 0 Å². The quantitative estimate of drug-likeness (QED) is 0.143. The summed E-state index contributed by atoms with van der Waals surface area (Å²) in [4.78, 5) is 17.5. The van der Waals surface area contributed by atoms with Crippen LogP contribution in [0.25, 0.3) is 5.57 Å². The summed E-state index contributed by atoms with van der Waals surface area (Å²) in [6.45, 7) is 19.8. The number of anilines is 2. The Bertz CT molecular complexity index is 1810. The number of benzene rings is 3. The highest BCUT2D eigenvalue weighted by atomic mass is 16.3. The summed E-state index contributed by atoms with van der Waals surface area (Å²) in [5.41, 5.74) is 10.7. The lowest BCUT2D eigenvalue weighted by atomic mass is 9.80. The number of aryl methyl sites for hydroxylation is 4. The van der Waals surface area contributed by atoms with Crippen LogP contribution in [-0.4, -0.2) is 24.9 Å². The summed E-state index contributed by atoms with van der Waals surface area (Å²) in [6.07, 6.45) is 18.0. The number of unbranched alkanes of at least 4 members (excludes halogenated alkanes) is 2. The van der Waals surface area contributed by atoms with Gasteiger partial charge in [0.15, 0.2) is 5.78 Å². The van der Waals surface area contributed by atoms with Crippen LogP contribution in [-0.2, 0) is 4.79 Å². The first-order valence-electron chi connectivity index (χ1n) is 20.0. The van der Waals surface area contributed by atoms with Gasteiger partial charge in [-0.2, -0.15) is 0 Å². The monoisotopic (exact) mass is 698 g/mol. The van der Waals surface area contributed by atoms with Crippen molar-refractivity contribution in [2.24, 2.45) is 11.8 Å². The molecular formula is C48H62N2O2. The predicted octanol–water partition coefficient (Wildman–Crippen LogP) is 10.2. The minimum absolute atomic E-state index is 0.136. The molecule has 1 N–H and O–H groups in total. The maximum Gasteiger partial charge on any atom is 0.193 e. The standard InChI is InChI=1S/C48H62N2O2/c1-9-13-15-37(11-3)31-49(43-27-17-33(5)29-35(43)7)41-23-19-39(20-24-41)45-47(51)46(48(45)52)40-21-25-42(26-22-40)50(32-38(12-4)16-14-10-2)44-28-18-34(6)30-36(44)8/h17-30,37-38,41,51H,9-16,31-32H2,1-8H3. The second kappa shape index (κ2) is 18.1. The number of Topliss-reactive ketones (excluding diaryl/α,β-unsaturated/α-hetero) is 1. The maximum atomic E-state index is 13.7. The second-order valence-electron chi connectivity index (χ2n) is 15.4. The molecule has 0 bridgehead atoms. The summed E-state index contributed by atoms with van der Waals surface area (Å²) in [7, 11) is 0. The third-order valence-electron chi connectivity index (χ3n) is 11.4. The zero-order valence-corrected chi connectivity index (χ0v) is 33.1. The Kier molecular flexibility index (Phi) is 13.6. The number of nitrogens with one attached hydrogen (secondary N) is 1. The van der Waals surface area contributed by atoms with Crippen LogP contribution in [0.15, 0.2) is 102 Å². The fourth-order valence-electron chi connectivity index (χ4n) is 8.14. The second-order valence-corrected chi connectivity index (χ2v) is 15.4. The molecule has 0 fully saturated rings. The third-order valence-corrected chi connectivity index (χ3v) is 11.4. The molecule has 0 saturated heterocycles. The van der Waals surface area contributed by atoms with E-state index in [0.29, 0.717) is 28.5 Å². The molecule has 0 heterocycles. The average Bonchev–Trinajstić information content (AvgIpc) is 3.13. The smallest absolute Gasteiger partial charge is 0.193 e. The van der Waals surface area contributed by atoms with E-state index in [2.05, 4.69) is 121 Å². The van der Waals surface area contributed by atoms with Gasteiger partial charge in [-0.05, 0) is 106 Å². The van der Waals surface area contributed by atoms with Crippen LogP contribution in [0, 0.1) is 39.5 Å². The molecule has 3 aromatic carbocycles. The molecule has 3 unspecified atom stereocenters. The van der Waals surface area contributed by atoms with Gasteiger partial charge < -0.3 is 10.0 Å². The van der Waals surface area contributed by atoms with Crippen LogP contribution >= 0.6 is 0 Å². The normalized spacial score (nSPS) is 17.4. The van der Waals surface area contributed by atoms with Gasteiger partial charge in [-0.25, -0.2) is 0 Å². The van der Waals surface area contributed by atoms with E-state index in [9.17, 15) is 9.90 Å². The molecule has 0 spiro atoms. The molecule has 5 rings (SSSR count). The first-order valence-corrected chi connectivity index (χ1v) is 20.0. The lowest BCUT2D eigenvalue weighted by Crippen LogP contribution is -3.11. The van der Waals surface area contributed by atoms with E-state index in [1.54, 1.807) is 0 Å². The predicted molar refractivity (Wildman–Crippen MR) is 218 cm³/mol. The Morgan fingerprint density at radius 2 is 1.33 bits per heavy atom. The van der Waals surface area contributed by atoms with Gasteiger partial charge >= 0.3 is 0 Å². The fourth-order valence-corrected chi connectivity index (χ4v) is 8.14. The molecule has 4 heteroatoms. The lowest BCUT2D eigenvalue weighted by Gasteiger charge is -2.34. The average molecular weight is 699 g/mol. The number of quaternary nitrogens is 1. The lowest BCUT2D eigenvalue weighted by molar-refractivity contribution is -0.850. The number of carbonyl (C=O) groups is 1.